The number of anilines is 1. The molecule has 0 atom stereocenters. The van der Waals surface area contributed by atoms with Gasteiger partial charge in [0.15, 0.2) is 0 Å². The second-order valence-electron chi connectivity index (χ2n) is 7.20. The van der Waals surface area contributed by atoms with Crippen LogP contribution < -0.4 is 10.9 Å². The molecular formula is C24H23N3OS. The lowest BCUT2D eigenvalue weighted by Gasteiger charge is -2.10. The SMILES string of the molecule is Cc1ccc(Sc2ccc(NCc3cc(=O)n4c(C)cccc4n3)cc2)c(C)c1. The molecule has 1 N–H and O–H groups in total. The van der Waals surface area contributed by atoms with Crippen molar-refractivity contribution in [2.75, 3.05) is 5.32 Å². The van der Waals surface area contributed by atoms with Gasteiger partial charge in [0.2, 0.25) is 0 Å². The van der Waals surface area contributed by atoms with Crippen LogP contribution in [0.3, 0.4) is 0 Å². The van der Waals surface area contributed by atoms with Crippen molar-refractivity contribution >= 4 is 23.1 Å². The van der Waals surface area contributed by atoms with Gasteiger partial charge in [-0.15, -0.1) is 0 Å². The van der Waals surface area contributed by atoms with Gasteiger partial charge < -0.3 is 5.32 Å². The summed E-state index contributed by atoms with van der Waals surface area (Å²) in [4.78, 5) is 19.5. The second kappa shape index (κ2) is 8.13. The molecule has 2 heterocycles. The van der Waals surface area contributed by atoms with Crippen LogP contribution in [0.15, 0.2) is 81.3 Å². The van der Waals surface area contributed by atoms with Gasteiger partial charge >= 0.3 is 0 Å². The minimum Gasteiger partial charge on any atom is -0.379 e. The highest BCUT2D eigenvalue weighted by molar-refractivity contribution is 7.99. The number of hydrogen-bond donors (Lipinski definition) is 1. The van der Waals surface area contributed by atoms with Gasteiger partial charge in [0.05, 0.1) is 12.2 Å². The molecule has 0 spiro atoms. The number of pyridine rings is 1. The van der Waals surface area contributed by atoms with E-state index >= 15 is 0 Å². The molecular weight excluding hydrogens is 378 g/mol. The zero-order chi connectivity index (χ0) is 20.4. The average molecular weight is 402 g/mol. The van der Waals surface area contributed by atoms with Crippen molar-refractivity contribution in [2.45, 2.75) is 37.1 Å². The van der Waals surface area contributed by atoms with Crippen LogP contribution in [-0.4, -0.2) is 9.38 Å². The molecule has 0 unspecified atom stereocenters. The predicted molar refractivity (Wildman–Crippen MR) is 120 cm³/mol. The normalized spacial score (nSPS) is 11.0. The Balaban J connectivity index is 1.45. The fourth-order valence-corrected chi connectivity index (χ4v) is 4.21. The van der Waals surface area contributed by atoms with E-state index in [2.05, 4.69) is 66.6 Å². The number of nitrogens with one attached hydrogen (secondary N) is 1. The van der Waals surface area contributed by atoms with E-state index in [0.717, 1.165) is 17.1 Å². The number of benzene rings is 2. The first-order chi connectivity index (χ1) is 14.0. The van der Waals surface area contributed by atoms with Crippen LogP contribution in [0, 0.1) is 20.8 Å². The summed E-state index contributed by atoms with van der Waals surface area (Å²) in [6.07, 6.45) is 0. The summed E-state index contributed by atoms with van der Waals surface area (Å²) in [6.45, 7) is 6.67. The third-order valence-corrected chi connectivity index (χ3v) is 6.01. The zero-order valence-electron chi connectivity index (χ0n) is 16.8. The van der Waals surface area contributed by atoms with E-state index in [1.165, 1.54) is 20.9 Å². The first-order valence-electron chi connectivity index (χ1n) is 9.57. The van der Waals surface area contributed by atoms with Gasteiger partial charge in [-0.25, -0.2) is 4.98 Å². The highest BCUT2D eigenvalue weighted by Gasteiger charge is 2.05. The number of aryl methyl sites for hydroxylation is 3. The topological polar surface area (TPSA) is 46.4 Å². The van der Waals surface area contributed by atoms with E-state index in [9.17, 15) is 4.79 Å². The Morgan fingerprint density at radius 2 is 1.76 bits per heavy atom. The number of hydrogen-bond acceptors (Lipinski definition) is 4. The minimum atomic E-state index is -0.0508. The maximum absolute atomic E-state index is 12.4. The molecule has 0 aliphatic rings. The smallest absolute Gasteiger partial charge is 0.258 e. The monoisotopic (exact) mass is 401 g/mol. The highest BCUT2D eigenvalue weighted by Crippen LogP contribution is 2.31. The van der Waals surface area contributed by atoms with Gasteiger partial charge in [0.25, 0.3) is 5.56 Å². The van der Waals surface area contributed by atoms with Crippen LogP contribution in [0.1, 0.15) is 22.5 Å². The first kappa shape index (κ1) is 19.3. The standard InChI is InChI=1S/C24H23N3OS/c1-16-7-12-22(17(2)13-16)29-21-10-8-19(9-11-21)25-15-20-14-24(28)27-18(3)5-4-6-23(27)26-20/h4-14,25H,15H2,1-3H3. The predicted octanol–water partition coefficient (Wildman–Crippen LogP) is 5.38. The highest BCUT2D eigenvalue weighted by atomic mass is 32.2. The molecule has 4 rings (SSSR count). The fourth-order valence-electron chi connectivity index (χ4n) is 3.33. The Kier molecular flexibility index (Phi) is 5.41. The number of nitrogens with zero attached hydrogens (tertiary/aromatic N) is 2. The third-order valence-electron chi connectivity index (χ3n) is 4.82. The van der Waals surface area contributed by atoms with Gasteiger partial charge in [0.1, 0.15) is 5.65 Å². The number of fused-ring (bicyclic) bond motifs is 1. The van der Waals surface area contributed by atoms with Crippen molar-refractivity contribution in [2.24, 2.45) is 0 Å². The van der Waals surface area contributed by atoms with Crippen LogP contribution in [0.5, 0.6) is 0 Å². The molecule has 2 aromatic heterocycles. The van der Waals surface area contributed by atoms with Crippen LogP contribution in [0.25, 0.3) is 5.65 Å². The maximum atomic E-state index is 12.4. The molecule has 0 amide bonds. The molecule has 2 aromatic carbocycles. The molecule has 0 saturated heterocycles. The Labute approximate surface area is 174 Å². The molecule has 0 radical (unpaired) electrons. The van der Waals surface area contributed by atoms with E-state index in [1.54, 1.807) is 22.2 Å². The molecule has 0 aliphatic heterocycles. The number of rotatable bonds is 5. The first-order valence-corrected chi connectivity index (χ1v) is 10.4. The molecule has 4 aromatic rings. The van der Waals surface area contributed by atoms with E-state index in [0.29, 0.717) is 12.2 Å². The minimum absolute atomic E-state index is 0.0508. The zero-order valence-corrected chi connectivity index (χ0v) is 17.6. The summed E-state index contributed by atoms with van der Waals surface area (Å²) in [5, 5.41) is 3.36. The van der Waals surface area contributed by atoms with Crippen molar-refractivity contribution < 1.29 is 0 Å². The van der Waals surface area contributed by atoms with Gasteiger partial charge in [0, 0.05) is 27.2 Å². The molecule has 29 heavy (non-hydrogen) atoms. The van der Waals surface area contributed by atoms with Crippen LogP contribution in [0.4, 0.5) is 5.69 Å². The van der Waals surface area contributed by atoms with Crippen molar-refractivity contribution in [3.8, 4) is 0 Å². The lowest BCUT2D eigenvalue weighted by Crippen LogP contribution is -2.18. The molecule has 0 saturated carbocycles. The Hall–Kier alpha value is -3.05. The van der Waals surface area contributed by atoms with E-state index in [4.69, 9.17) is 0 Å². The summed E-state index contributed by atoms with van der Waals surface area (Å²) < 4.78 is 1.63. The summed E-state index contributed by atoms with van der Waals surface area (Å²) >= 11 is 1.77. The second-order valence-corrected chi connectivity index (χ2v) is 8.31. The largest absolute Gasteiger partial charge is 0.379 e. The molecule has 146 valence electrons. The molecule has 5 heteroatoms. The van der Waals surface area contributed by atoms with E-state index in [1.807, 2.05) is 25.1 Å². The lowest BCUT2D eigenvalue weighted by atomic mass is 10.2. The van der Waals surface area contributed by atoms with Crippen LogP contribution in [-0.2, 0) is 6.54 Å². The lowest BCUT2D eigenvalue weighted by molar-refractivity contribution is 0.943. The van der Waals surface area contributed by atoms with Gasteiger partial charge in [-0.05, 0) is 68.8 Å². The van der Waals surface area contributed by atoms with Crippen LogP contribution in [0.2, 0.25) is 0 Å². The van der Waals surface area contributed by atoms with Crippen molar-refractivity contribution in [1.82, 2.24) is 9.38 Å². The van der Waals surface area contributed by atoms with Gasteiger partial charge in [-0.1, -0.05) is 35.5 Å². The molecule has 0 aliphatic carbocycles. The fraction of sp³-hybridized carbons (Fsp3) is 0.167. The Morgan fingerprint density at radius 3 is 2.52 bits per heavy atom. The Morgan fingerprint density at radius 1 is 0.966 bits per heavy atom. The maximum Gasteiger partial charge on any atom is 0.258 e. The summed E-state index contributed by atoms with van der Waals surface area (Å²) in [5.41, 5.74) is 5.82. The van der Waals surface area contributed by atoms with Crippen molar-refractivity contribution in [1.29, 1.82) is 0 Å². The summed E-state index contributed by atoms with van der Waals surface area (Å²) in [6, 6.07) is 22.1. The van der Waals surface area contributed by atoms with Crippen molar-refractivity contribution in [3.63, 3.8) is 0 Å². The molecule has 0 bridgehead atoms. The number of aromatic nitrogens is 2. The summed E-state index contributed by atoms with van der Waals surface area (Å²) in [5.74, 6) is 0. The van der Waals surface area contributed by atoms with Crippen molar-refractivity contribution in [3.05, 3.63) is 99.6 Å². The average Bonchev–Trinajstić information content (AvgIpc) is 2.69. The quantitative estimate of drug-likeness (QED) is 0.487. The van der Waals surface area contributed by atoms with Gasteiger partial charge in [-0.2, -0.15) is 0 Å². The molecule has 0 fully saturated rings. The van der Waals surface area contributed by atoms with Crippen LogP contribution >= 0.6 is 11.8 Å². The molecule has 4 nitrogen and oxygen atoms in total. The third kappa shape index (κ3) is 4.35. The van der Waals surface area contributed by atoms with E-state index < -0.39 is 0 Å². The Bertz CT molecular complexity index is 1230. The summed E-state index contributed by atoms with van der Waals surface area (Å²) in [7, 11) is 0. The van der Waals surface area contributed by atoms with E-state index in [-0.39, 0.29) is 5.56 Å². The van der Waals surface area contributed by atoms with Gasteiger partial charge in [-0.3, -0.25) is 9.20 Å².